The number of hydrogen-bond donors (Lipinski definition) is 1. The second-order valence-electron chi connectivity index (χ2n) is 5.26. The van der Waals surface area contributed by atoms with Gasteiger partial charge in [0.1, 0.15) is 6.10 Å². The molecule has 1 aliphatic heterocycles. The van der Waals surface area contributed by atoms with Crippen LogP contribution in [0.4, 0.5) is 0 Å². The second kappa shape index (κ2) is 6.47. The first kappa shape index (κ1) is 15.0. The summed E-state index contributed by atoms with van der Waals surface area (Å²) in [5.41, 5.74) is -0.958. The first-order valence-electron chi connectivity index (χ1n) is 7.27. The molecule has 1 fully saturated rings. The normalized spacial score (nSPS) is 14.3. The number of amides is 1. The van der Waals surface area contributed by atoms with Crippen LogP contribution in [0, 0.1) is 0 Å². The van der Waals surface area contributed by atoms with Gasteiger partial charge in [0.2, 0.25) is 11.8 Å². The monoisotopic (exact) mass is 316 g/mol. The zero-order valence-electron chi connectivity index (χ0n) is 12.3. The molecule has 1 saturated heterocycles. The number of H-pyrrole nitrogens is 1. The van der Waals surface area contributed by atoms with Crippen molar-refractivity contribution < 1.29 is 9.53 Å². The van der Waals surface area contributed by atoms with Crippen molar-refractivity contribution in [2.24, 2.45) is 0 Å². The molecule has 3 rings (SSSR count). The Balaban J connectivity index is 1.46. The molecule has 0 spiro atoms. The molecule has 1 amide bonds. The van der Waals surface area contributed by atoms with Crippen LogP contribution in [0.15, 0.2) is 46.2 Å². The highest BCUT2D eigenvalue weighted by Crippen LogP contribution is 2.16. The molecule has 0 radical (unpaired) electrons. The van der Waals surface area contributed by atoms with E-state index in [1.807, 2.05) is 12.1 Å². The SMILES string of the molecule is O=C(CCn1ccc(=O)[nH]c1=O)N1CC(Oc2ccccn2)C1. The predicted octanol–water partition coefficient (Wildman–Crippen LogP) is -0.388. The van der Waals surface area contributed by atoms with Gasteiger partial charge in [-0.25, -0.2) is 9.78 Å². The van der Waals surface area contributed by atoms with Crippen LogP contribution in [0.5, 0.6) is 5.88 Å². The van der Waals surface area contributed by atoms with Crippen LogP contribution in [0.3, 0.4) is 0 Å². The number of ether oxygens (including phenoxy) is 1. The molecule has 120 valence electrons. The highest BCUT2D eigenvalue weighted by Gasteiger charge is 2.32. The van der Waals surface area contributed by atoms with Crippen molar-refractivity contribution in [2.75, 3.05) is 13.1 Å². The number of pyridine rings is 1. The molecule has 1 aliphatic rings. The van der Waals surface area contributed by atoms with Crippen LogP contribution in [-0.4, -0.2) is 44.5 Å². The maximum Gasteiger partial charge on any atom is 0.328 e. The molecular formula is C15H16N4O4. The minimum Gasteiger partial charge on any atom is -0.471 e. The third-order valence-electron chi connectivity index (χ3n) is 3.59. The van der Waals surface area contributed by atoms with Gasteiger partial charge in [0, 0.05) is 37.5 Å². The van der Waals surface area contributed by atoms with E-state index in [0.29, 0.717) is 19.0 Å². The Morgan fingerprint density at radius 3 is 2.83 bits per heavy atom. The van der Waals surface area contributed by atoms with E-state index >= 15 is 0 Å². The highest BCUT2D eigenvalue weighted by atomic mass is 16.5. The molecule has 0 aromatic carbocycles. The largest absolute Gasteiger partial charge is 0.471 e. The number of rotatable bonds is 5. The third kappa shape index (κ3) is 3.65. The van der Waals surface area contributed by atoms with Gasteiger partial charge in [-0.3, -0.25) is 14.6 Å². The number of nitrogens with one attached hydrogen (secondary N) is 1. The smallest absolute Gasteiger partial charge is 0.328 e. The summed E-state index contributed by atoms with van der Waals surface area (Å²) < 4.78 is 6.93. The summed E-state index contributed by atoms with van der Waals surface area (Å²) in [6.07, 6.45) is 3.18. The number of carbonyl (C=O) groups excluding carboxylic acids is 1. The van der Waals surface area contributed by atoms with Gasteiger partial charge >= 0.3 is 5.69 Å². The average molecular weight is 316 g/mol. The number of aromatic amines is 1. The van der Waals surface area contributed by atoms with Gasteiger partial charge in [0.15, 0.2) is 0 Å². The van der Waals surface area contributed by atoms with Gasteiger partial charge in [-0.05, 0) is 6.07 Å². The van der Waals surface area contributed by atoms with Crippen LogP contribution < -0.4 is 16.0 Å². The van der Waals surface area contributed by atoms with Crippen LogP contribution in [-0.2, 0) is 11.3 Å². The van der Waals surface area contributed by atoms with Crippen LogP contribution in [0.2, 0.25) is 0 Å². The zero-order chi connectivity index (χ0) is 16.2. The van der Waals surface area contributed by atoms with Crippen LogP contribution in [0.25, 0.3) is 0 Å². The maximum atomic E-state index is 12.0. The maximum absolute atomic E-state index is 12.0. The zero-order valence-corrected chi connectivity index (χ0v) is 12.3. The van der Waals surface area contributed by atoms with Gasteiger partial charge < -0.3 is 14.2 Å². The summed E-state index contributed by atoms with van der Waals surface area (Å²) in [5.74, 6) is 0.494. The fourth-order valence-corrected chi connectivity index (χ4v) is 2.30. The Hall–Kier alpha value is -2.90. The van der Waals surface area contributed by atoms with Crippen LogP contribution in [0.1, 0.15) is 6.42 Å². The lowest BCUT2D eigenvalue weighted by molar-refractivity contribution is -0.140. The predicted molar refractivity (Wildman–Crippen MR) is 81.2 cm³/mol. The molecule has 23 heavy (non-hydrogen) atoms. The van der Waals surface area contributed by atoms with Crippen molar-refractivity contribution in [3.63, 3.8) is 0 Å². The molecule has 3 heterocycles. The molecule has 0 unspecified atom stereocenters. The Morgan fingerprint density at radius 2 is 2.13 bits per heavy atom. The van der Waals surface area contributed by atoms with E-state index in [4.69, 9.17) is 4.74 Å². The van der Waals surface area contributed by atoms with Gasteiger partial charge in [0.05, 0.1) is 13.1 Å². The van der Waals surface area contributed by atoms with Crippen molar-refractivity contribution in [3.05, 3.63) is 57.5 Å². The molecule has 0 saturated carbocycles. The minimum atomic E-state index is -0.509. The fraction of sp³-hybridized carbons (Fsp3) is 0.333. The molecule has 8 heteroatoms. The molecule has 1 N–H and O–H groups in total. The lowest BCUT2D eigenvalue weighted by Crippen LogP contribution is -2.56. The van der Waals surface area contributed by atoms with Crippen molar-refractivity contribution >= 4 is 5.91 Å². The van der Waals surface area contributed by atoms with Crippen LogP contribution >= 0.6 is 0 Å². The quantitative estimate of drug-likeness (QED) is 0.810. The van der Waals surface area contributed by atoms with E-state index in [9.17, 15) is 14.4 Å². The fourth-order valence-electron chi connectivity index (χ4n) is 2.30. The summed E-state index contributed by atoms with van der Waals surface area (Å²) in [6, 6.07) is 6.67. The van der Waals surface area contributed by atoms with Crippen molar-refractivity contribution in [2.45, 2.75) is 19.1 Å². The first-order valence-corrected chi connectivity index (χ1v) is 7.27. The minimum absolute atomic E-state index is 0.0512. The number of likely N-dealkylation sites (tertiary alicyclic amines) is 1. The van der Waals surface area contributed by atoms with Gasteiger partial charge in [-0.15, -0.1) is 0 Å². The molecule has 0 bridgehead atoms. The molecule has 0 aliphatic carbocycles. The van der Waals surface area contributed by atoms with E-state index in [0.717, 1.165) is 0 Å². The van der Waals surface area contributed by atoms with E-state index in [2.05, 4.69) is 9.97 Å². The number of nitrogens with zero attached hydrogens (tertiary/aromatic N) is 3. The molecule has 2 aromatic heterocycles. The summed E-state index contributed by atoms with van der Waals surface area (Å²) in [4.78, 5) is 42.4. The Morgan fingerprint density at radius 1 is 1.30 bits per heavy atom. The van der Waals surface area contributed by atoms with Gasteiger partial charge in [0.25, 0.3) is 5.56 Å². The molecule has 8 nitrogen and oxygen atoms in total. The van der Waals surface area contributed by atoms with E-state index in [1.165, 1.54) is 16.8 Å². The van der Waals surface area contributed by atoms with E-state index < -0.39 is 11.2 Å². The Labute approximate surface area is 131 Å². The van der Waals surface area contributed by atoms with E-state index in [-0.39, 0.29) is 25.0 Å². The van der Waals surface area contributed by atoms with Crippen molar-refractivity contribution in [1.29, 1.82) is 0 Å². The van der Waals surface area contributed by atoms with Crippen molar-refractivity contribution in [1.82, 2.24) is 19.4 Å². The molecule has 2 aromatic rings. The summed E-state index contributed by atoms with van der Waals surface area (Å²) in [7, 11) is 0. The van der Waals surface area contributed by atoms with E-state index in [1.54, 1.807) is 17.2 Å². The lowest BCUT2D eigenvalue weighted by Gasteiger charge is -2.38. The Bertz CT molecular complexity index is 793. The third-order valence-corrected chi connectivity index (χ3v) is 3.59. The number of carbonyl (C=O) groups is 1. The van der Waals surface area contributed by atoms with Gasteiger partial charge in [-0.2, -0.15) is 0 Å². The standard InChI is InChI=1S/C15H16N4O4/c20-12-4-7-18(15(22)17-12)8-5-14(21)19-9-11(10-19)23-13-3-1-2-6-16-13/h1-4,6-7,11H,5,8-10H2,(H,17,20,22). The number of aryl methyl sites for hydroxylation is 1. The summed E-state index contributed by atoms with van der Waals surface area (Å²) in [5, 5.41) is 0. The van der Waals surface area contributed by atoms with Crippen molar-refractivity contribution in [3.8, 4) is 5.88 Å². The molecule has 0 atom stereocenters. The Kier molecular flexibility index (Phi) is 4.22. The number of aromatic nitrogens is 3. The van der Waals surface area contributed by atoms with Gasteiger partial charge in [-0.1, -0.05) is 6.07 Å². The average Bonchev–Trinajstić information content (AvgIpc) is 2.50. The topological polar surface area (TPSA) is 97.3 Å². The highest BCUT2D eigenvalue weighted by molar-refractivity contribution is 5.77. The summed E-state index contributed by atoms with van der Waals surface area (Å²) >= 11 is 0. The first-order chi connectivity index (χ1) is 11.1. The second-order valence-corrected chi connectivity index (χ2v) is 5.26. The lowest BCUT2D eigenvalue weighted by atomic mass is 10.1. The molecular weight excluding hydrogens is 300 g/mol. The number of hydrogen-bond acceptors (Lipinski definition) is 5. The summed E-state index contributed by atoms with van der Waals surface area (Å²) in [6.45, 7) is 1.25.